The van der Waals surface area contributed by atoms with Gasteiger partial charge in [-0.1, -0.05) is 30.3 Å². The Balaban J connectivity index is 2.61. The highest BCUT2D eigenvalue weighted by Crippen LogP contribution is 2.34. The Bertz CT molecular complexity index is 616. The highest BCUT2D eigenvalue weighted by molar-refractivity contribution is 5.25. The van der Waals surface area contributed by atoms with Gasteiger partial charge in [0.05, 0.1) is 6.04 Å². The van der Waals surface area contributed by atoms with Crippen molar-refractivity contribution in [3.8, 4) is 0 Å². The molecular formula is C16H19F2NO3. The number of benzene rings is 1. The first-order valence-electron chi connectivity index (χ1n) is 6.83. The van der Waals surface area contributed by atoms with Crippen LogP contribution in [0.5, 0.6) is 0 Å². The summed E-state index contributed by atoms with van der Waals surface area (Å²) < 4.78 is 39.8. The molecule has 0 bridgehead atoms. The predicted octanol–water partition coefficient (Wildman–Crippen LogP) is 2.81. The molecule has 0 aliphatic rings. The van der Waals surface area contributed by atoms with Crippen LogP contribution < -0.4 is 0 Å². The zero-order chi connectivity index (χ0) is 16.3. The summed E-state index contributed by atoms with van der Waals surface area (Å²) in [5, 5.41) is 9.59. The minimum Gasteiger partial charge on any atom is -0.390 e. The van der Waals surface area contributed by atoms with Crippen LogP contribution in [0.3, 0.4) is 0 Å². The molecule has 1 N–H and O–H groups in total. The molecule has 4 nitrogen and oxygen atoms in total. The second-order valence-corrected chi connectivity index (χ2v) is 4.95. The van der Waals surface area contributed by atoms with Crippen LogP contribution in [-0.2, 0) is 15.3 Å². The number of methoxy groups -OCH3 is 2. The molecule has 0 saturated carbocycles. The first-order chi connectivity index (χ1) is 10.5. The van der Waals surface area contributed by atoms with Crippen molar-refractivity contribution in [2.24, 2.45) is 0 Å². The fraction of sp³-hybridized carbons (Fsp3) is 0.375. The van der Waals surface area contributed by atoms with E-state index in [-0.39, 0.29) is 11.7 Å². The maximum atomic E-state index is 14.3. The van der Waals surface area contributed by atoms with Crippen molar-refractivity contribution in [3.63, 3.8) is 0 Å². The Labute approximate surface area is 127 Å². The highest BCUT2D eigenvalue weighted by Gasteiger charge is 2.40. The predicted molar refractivity (Wildman–Crippen MR) is 77.4 cm³/mol. The van der Waals surface area contributed by atoms with Crippen molar-refractivity contribution in [3.05, 3.63) is 59.4 Å². The molecule has 0 aliphatic carbocycles. The summed E-state index contributed by atoms with van der Waals surface area (Å²) in [4.78, 5) is 0. The van der Waals surface area contributed by atoms with Gasteiger partial charge >= 0.3 is 0 Å². The van der Waals surface area contributed by atoms with Crippen LogP contribution in [0.4, 0.5) is 8.78 Å². The van der Waals surface area contributed by atoms with Gasteiger partial charge in [0.1, 0.15) is 12.3 Å². The van der Waals surface area contributed by atoms with Crippen molar-refractivity contribution < 1.29 is 23.4 Å². The van der Waals surface area contributed by atoms with Gasteiger partial charge in [-0.25, -0.2) is 8.78 Å². The van der Waals surface area contributed by atoms with E-state index in [1.165, 1.54) is 18.8 Å². The SMILES string of the molecule is COC(CO)(OC)c1c(F)c(F)cn1[C@H](C)c1ccccc1. The lowest BCUT2D eigenvalue weighted by Gasteiger charge is -2.31. The quantitative estimate of drug-likeness (QED) is 0.834. The Morgan fingerprint density at radius 2 is 1.77 bits per heavy atom. The van der Waals surface area contributed by atoms with E-state index in [2.05, 4.69) is 0 Å². The average Bonchev–Trinajstić information content (AvgIpc) is 2.86. The van der Waals surface area contributed by atoms with Crippen LogP contribution in [0.1, 0.15) is 24.2 Å². The maximum Gasteiger partial charge on any atom is 0.236 e. The normalized spacial score (nSPS) is 13.4. The number of nitrogens with zero attached hydrogens (tertiary/aromatic N) is 1. The smallest absolute Gasteiger partial charge is 0.236 e. The molecule has 2 aromatic rings. The number of halogens is 2. The lowest BCUT2D eigenvalue weighted by molar-refractivity contribution is -0.241. The van der Waals surface area contributed by atoms with Crippen molar-refractivity contribution in [2.75, 3.05) is 20.8 Å². The fourth-order valence-corrected chi connectivity index (χ4v) is 2.51. The minimum absolute atomic E-state index is 0.186. The minimum atomic E-state index is -1.77. The lowest BCUT2D eigenvalue weighted by Crippen LogP contribution is -2.38. The number of hydrogen-bond donors (Lipinski definition) is 1. The zero-order valence-electron chi connectivity index (χ0n) is 12.7. The van der Waals surface area contributed by atoms with E-state index in [9.17, 15) is 13.9 Å². The summed E-state index contributed by atoms with van der Waals surface area (Å²) >= 11 is 0. The Hall–Kier alpha value is -1.76. The van der Waals surface area contributed by atoms with Gasteiger partial charge in [0.2, 0.25) is 5.79 Å². The zero-order valence-corrected chi connectivity index (χ0v) is 12.7. The van der Waals surface area contributed by atoms with Crippen LogP contribution in [0.25, 0.3) is 0 Å². The van der Waals surface area contributed by atoms with Gasteiger partial charge in [0.25, 0.3) is 0 Å². The van der Waals surface area contributed by atoms with Crippen LogP contribution in [0.15, 0.2) is 36.5 Å². The summed E-state index contributed by atoms with van der Waals surface area (Å²) in [5.74, 6) is -3.89. The van der Waals surface area contributed by atoms with Gasteiger partial charge in [-0.2, -0.15) is 0 Å². The molecule has 0 fully saturated rings. The molecule has 0 radical (unpaired) electrons. The highest BCUT2D eigenvalue weighted by atomic mass is 19.2. The summed E-state index contributed by atoms with van der Waals surface area (Å²) in [6.07, 6.45) is 1.05. The molecule has 0 spiro atoms. The van der Waals surface area contributed by atoms with Crippen molar-refractivity contribution >= 4 is 0 Å². The summed E-state index contributed by atoms with van der Waals surface area (Å²) in [6.45, 7) is 1.15. The van der Waals surface area contributed by atoms with Gasteiger partial charge in [0, 0.05) is 20.4 Å². The Morgan fingerprint density at radius 3 is 2.27 bits per heavy atom. The standard InChI is InChI=1S/C16H19F2NO3/c1-11(12-7-5-4-6-8-12)19-9-13(17)14(18)15(19)16(10-20,21-2)22-3/h4-9,11,20H,10H2,1-3H3/t11-/m1/s1. The Kier molecular flexibility index (Phi) is 4.95. The van der Waals surface area contributed by atoms with Gasteiger partial charge in [0.15, 0.2) is 11.6 Å². The van der Waals surface area contributed by atoms with Gasteiger partial charge in [-0.05, 0) is 12.5 Å². The largest absolute Gasteiger partial charge is 0.390 e. The van der Waals surface area contributed by atoms with Gasteiger partial charge in [-0.3, -0.25) is 0 Å². The first-order valence-corrected chi connectivity index (χ1v) is 6.83. The van der Waals surface area contributed by atoms with Crippen LogP contribution in [-0.4, -0.2) is 30.5 Å². The van der Waals surface area contributed by atoms with E-state index in [4.69, 9.17) is 9.47 Å². The maximum absolute atomic E-state index is 14.3. The molecule has 22 heavy (non-hydrogen) atoms. The molecule has 1 heterocycles. The van der Waals surface area contributed by atoms with E-state index in [1.807, 2.05) is 30.3 Å². The number of aliphatic hydroxyl groups is 1. The summed E-state index contributed by atoms with van der Waals surface area (Å²) in [7, 11) is 2.53. The molecule has 1 aromatic carbocycles. The third kappa shape index (κ3) is 2.65. The van der Waals surface area contributed by atoms with Crippen molar-refractivity contribution in [1.82, 2.24) is 4.57 Å². The molecule has 0 amide bonds. The third-order valence-corrected chi connectivity index (χ3v) is 3.86. The van der Waals surface area contributed by atoms with E-state index in [0.717, 1.165) is 11.8 Å². The first kappa shape index (κ1) is 16.6. The molecular weight excluding hydrogens is 292 g/mol. The molecule has 1 atom stereocenters. The number of hydrogen-bond acceptors (Lipinski definition) is 3. The molecule has 0 saturated heterocycles. The number of aliphatic hydroxyl groups excluding tert-OH is 1. The molecule has 2 rings (SSSR count). The monoisotopic (exact) mass is 311 g/mol. The molecule has 6 heteroatoms. The van der Waals surface area contributed by atoms with E-state index >= 15 is 0 Å². The third-order valence-electron chi connectivity index (χ3n) is 3.86. The molecule has 0 unspecified atom stereocenters. The lowest BCUT2D eigenvalue weighted by atomic mass is 10.1. The number of ether oxygens (including phenoxy) is 2. The van der Waals surface area contributed by atoms with Gasteiger partial charge < -0.3 is 19.1 Å². The van der Waals surface area contributed by atoms with E-state index in [1.54, 1.807) is 6.92 Å². The van der Waals surface area contributed by atoms with Crippen molar-refractivity contribution in [2.45, 2.75) is 18.8 Å². The summed E-state index contributed by atoms with van der Waals surface area (Å²) in [5.41, 5.74) is 0.673. The molecule has 0 aliphatic heterocycles. The number of aromatic nitrogens is 1. The van der Waals surface area contributed by atoms with Crippen LogP contribution in [0, 0.1) is 11.6 Å². The topological polar surface area (TPSA) is 43.6 Å². The second kappa shape index (κ2) is 6.56. The van der Waals surface area contributed by atoms with E-state index in [0.29, 0.717) is 0 Å². The van der Waals surface area contributed by atoms with E-state index < -0.39 is 24.0 Å². The second-order valence-electron chi connectivity index (χ2n) is 4.95. The average molecular weight is 311 g/mol. The fourth-order valence-electron chi connectivity index (χ4n) is 2.51. The van der Waals surface area contributed by atoms with Gasteiger partial charge in [-0.15, -0.1) is 0 Å². The van der Waals surface area contributed by atoms with Crippen molar-refractivity contribution in [1.29, 1.82) is 0 Å². The number of rotatable bonds is 6. The molecule has 1 aromatic heterocycles. The molecule has 120 valence electrons. The summed E-state index contributed by atoms with van der Waals surface area (Å²) in [6, 6.07) is 8.87. The Morgan fingerprint density at radius 1 is 1.18 bits per heavy atom. The van der Waals surface area contributed by atoms with Crippen LogP contribution >= 0.6 is 0 Å². The van der Waals surface area contributed by atoms with Crippen LogP contribution in [0.2, 0.25) is 0 Å².